The van der Waals surface area contributed by atoms with E-state index >= 15 is 0 Å². The van der Waals surface area contributed by atoms with Gasteiger partial charge in [-0.2, -0.15) is 0 Å². The quantitative estimate of drug-likeness (QED) is 0.217. The Morgan fingerprint density at radius 1 is 0.733 bits per heavy atom. The van der Waals surface area contributed by atoms with Gasteiger partial charge in [-0.25, -0.2) is 0 Å². The van der Waals surface area contributed by atoms with Crippen LogP contribution in [0, 0.1) is 0 Å². The topological polar surface area (TPSA) is 176 Å². The van der Waals surface area contributed by atoms with Gasteiger partial charge < -0.3 is 33.0 Å². The second-order valence-electron chi connectivity index (χ2n) is 0.976. The molecule has 0 radical (unpaired) electrons. The van der Waals surface area contributed by atoms with Crippen molar-refractivity contribution in [3.63, 3.8) is 0 Å². The predicted octanol–water partition coefficient (Wildman–Crippen LogP) is -15.3. The molecule has 0 amide bonds. The van der Waals surface area contributed by atoms with Gasteiger partial charge >= 0.3 is 118 Å². The van der Waals surface area contributed by atoms with Crippen molar-refractivity contribution < 1.29 is 162 Å². The number of hydrogen-bond donors (Lipinski definition) is 2. The normalized spacial score (nSPS) is 8.67. The van der Waals surface area contributed by atoms with Gasteiger partial charge in [0.1, 0.15) is 0 Å². The van der Waals surface area contributed by atoms with Crippen molar-refractivity contribution in [3.8, 4) is 0 Å². The Morgan fingerprint density at radius 3 is 0.867 bits per heavy atom. The molecule has 0 rings (SSSR count). The van der Waals surface area contributed by atoms with Crippen LogP contribution in [0.5, 0.6) is 0 Å². The van der Waals surface area contributed by atoms with Crippen LogP contribution in [0.3, 0.4) is 0 Å². The van der Waals surface area contributed by atoms with Crippen molar-refractivity contribution in [2.24, 2.45) is 0 Å². The van der Waals surface area contributed by atoms with E-state index in [0.29, 0.717) is 0 Å². The molecular formula is H2Na4O9P2. The Bertz CT molecular complexity index is 161. The van der Waals surface area contributed by atoms with Crippen molar-refractivity contribution in [2.75, 3.05) is 0 Å². The Kier molecular flexibility index (Phi) is 44.2. The molecule has 0 aromatic rings. The fourth-order valence-corrected chi connectivity index (χ4v) is 1.10. The molecule has 0 saturated carbocycles. The van der Waals surface area contributed by atoms with Gasteiger partial charge in [-0.15, -0.1) is 0 Å². The summed E-state index contributed by atoms with van der Waals surface area (Å²) in [6, 6.07) is 0. The van der Waals surface area contributed by atoms with E-state index in [4.69, 9.17) is 10.5 Å². The first-order valence-corrected chi connectivity index (χ1v) is 4.58. The average molecular weight is 300 g/mol. The molecule has 0 aliphatic carbocycles. The molecule has 0 aromatic heterocycles. The second-order valence-corrected chi connectivity index (χ2v) is 3.42. The third-order valence-electron chi connectivity index (χ3n) is 0.200. The first-order chi connectivity index (χ1) is 4.71. The Labute approximate surface area is 174 Å². The van der Waals surface area contributed by atoms with Crippen LogP contribution in [0.1, 0.15) is 0 Å². The van der Waals surface area contributed by atoms with Gasteiger partial charge in [0, 0.05) is 0 Å². The zero-order valence-corrected chi connectivity index (χ0v) is 18.4. The van der Waals surface area contributed by atoms with E-state index in [1.54, 1.807) is 0 Å². The van der Waals surface area contributed by atoms with E-state index in [2.05, 4.69) is 4.31 Å². The van der Waals surface area contributed by atoms with Crippen LogP contribution >= 0.6 is 15.6 Å². The first kappa shape index (κ1) is 36.5. The minimum atomic E-state index is -5.68. The Hall–Kier alpha value is 4.18. The number of hydrogen-bond acceptors (Lipinski definition) is 9. The van der Waals surface area contributed by atoms with Crippen LogP contribution in [-0.4, -0.2) is 10.5 Å². The first-order valence-electron chi connectivity index (χ1n) is 1.66. The van der Waals surface area contributed by atoms with Crippen LogP contribution in [0.2, 0.25) is 0 Å². The van der Waals surface area contributed by atoms with Crippen molar-refractivity contribution in [3.05, 3.63) is 0 Å². The van der Waals surface area contributed by atoms with Gasteiger partial charge in [0.25, 0.3) is 0 Å². The molecule has 0 heterocycles. The fraction of sp³-hybridized carbons (Fsp3) is 0. The van der Waals surface area contributed by atoms with Gasteiger partial charge in [0.05, 0.1) is 15.6 Å². The average Bonchev–Trinajstić information content (AvgIpc) is 1.60. The third kappa shape index (κ3) is 45.9. The molecule has 0 bridgehead atoms. The van der Waals surface area contributed by atoms with Crippen LogP contribution < -0.4 is 138 Å². The summed E-state index contributed by atoms with van der Waals surface area (Å²) in [6.07, 6.45) is 0. The van der Waals surface area contributed by atoms with Gasteiger partial charge in [0.15, 0.2) is 0 Å². The molecule has 70 valence electrons. The Morgan fingerprint density at radius 2 is 0.867 bits per heavy atom. The maximum Gasteiger partial charge on any atom is 1.00 e. The second kappa shape index (κ2) is 18.2. The summed E-state index contributed by atoms with van der Waals surface area (Å²) in [5, 5.41) is 12.0. The molecule has 0 fully saturated rings. The fourth-order valence-electron chi connectivity index (χ4n) is 0.122. The molecule has 0 aromatic carbocycles. The van der Waals surface area contributed by atoms with Crippen LogP contribution in [0.25, 0.3) is 0 Å². The molecule has 0 aliphatic heterocycles. The van der Waals surface area contributed by atoms with E-state index in [1.807, 2.05) is 0 Å². The molecule has 2 N–H and O–H groups in total. The van der Waals surface area contributed by atoms with Gasteiger partial charge in [-0.1, -0.05) is 0 Å². The molecular weight excluding hydrogens is 298 g/mol. The van der Waals surface area contributed by atoms with E-state index in [1.165, 1.54) is 0 Å². The van der Waals surface area contributed by atoms with E-state index in [-0.39, 0.29) is 118 Å². The maximum atomic E-state index is 9.32. The molecule has 15 heavy (non-hydrogen) atoms. The zero-order chi connectivity index (χ0) is 9.71. The minimum Gasteiger partial charge on any atom is -0.790 e. The monoisotopic (exact) mass is 300 g/mol. The summed E-state index contributed by atoms with van der Waals surface area (Å²) in [5.74, 6) is 0. The summed E-state index contributed by atoms with van der Waals surface area (Å²) in [5.41, 5.74) is 0. The summed E-state index contributed by atoms with van der Waals surface area (Å²) >= 11 is 0. The van der Waals surface area contributed by atoms with Crippen molar-refractivity contribution in [1.82, 2.24) is 0 Å². The van der Waals surface area contributed by atoms with Crippen molar-refractivity contribution in [2.45, 2.75) is 0 Å². The molecule has 0 unspecified atom stereocenters. The van der Waals surface area contributed by atoms with Gasteiger partial charge in [0.2, 0.25) is 0 Å². The Balaban J connectivity index is -0.0000000317. The molecule has 15 heteroatoms. The summed E-state index contributed by atoms with van der Waals surface area (Å²) in [7, 11) is -11.4. The third-order valence-corrected chi connectivity index (χ3v) is 1.80. The molecule has 0 saturated heterocycles. The smallest absolute Gasteiger partial charge is 0.790 e. The molecule has 9 nitrogen and oxygen atoms in total. The van der Waals surface area contributed by atoms with Crippen LogP contribution in [0.4, 0.5) is 0 Å². The van der Waals surface area contributed by atoms with Crippen LogP contribution in [0.15, 0.2) is 0 Å². The summed E-state index contributed by atoms with van der Waals surface area (Å²) in [6.45, 7) is 0. The molecule has 0 atom stereocenters. The van der Waals surface area contributed by atoms with E-state index in [9.17, 15) is 28.7 Å². The largest absolute Gasteiger partial charge is 1.00 e. The van der Waals surface area contributed by atoms with E-state index in [0.717, 1.165) is 0 Å². The van der Waals surface area contributed by atoms with Crippen molar-refractivity contribution >= 4 is 15.6 Å². The number of phosphoric acid groups is 2. The standard InChI is InChI=1S/4Na.H4O7P2.H2O2/c;;;;1-8(2,3)7-9(4,5)6;1-2/h;;;;(H2,1,2,3)(H2,4,5,6);1-2H/q4*+1;;/p-4. The zero-order valence-electron chi connectivity index (χ0n) is 8.65. The predicted molar refractivity (Wildman–Crippen MR) is 21.6 cm³/mol. The van der Waals surface area contributed by atoms with Gasteiger partial charge in [-0.05, 0) is 0 Å². The van der Waals surface area contributed by atoms with Crippen molar-refractivity contribution in [1.29, 1.82) is 0 Å². The molecule has 0 spiro atoms. The summed E-state index contributed by atoms with van der Waals surface area (Å²) in [4.78, 5) is 37.3. The molecule has 0 aliphatic rings. The van der Waals surface area contributed by atoms with Gasteiger partial charge in [-0.3, -0.25) is 10.5 Å². The summed E-state index contributed by atoms with van der Waals surface area (Å²) < 4.78 is 21.2. The SMILES string of the molecule is O=P([O-])([O-])OP(=O)([O-])[O-].OO.[Na+].[Na+].[Na+].[Na+]. The minimum absolute atomic E-state index is 0. The maximum absolute atomic E-state index is 9.32. The van der Waals surface area contributed by atoms with Crippen LogP contribution in [-0.2, 0) is 13.4 Å². The number of rotatable bonds is 2. The van der Waals surface area contributed by atoms with E-state index < -0.39 is 15.6 Å².